The number of hydrogen-bond donors (Lipinski definition) is 2. The molecule has 0 saturated heterocycles. The molecule has 0 heterocycles. The van der Waals surface area contributed by atoms with E-state index in [4.69, 9.17) is 15.6 Å². The number of rotatable bonds is 5. The van der Waals surface area contributed by atoms with Crippen molar-refractivity contribution in [3.63, 3.8) is 0 Å². The second-order valence-corrected chi connectivity index (χ2v) is 4.97. The van der Waals surface area contributed by atoms with Gasteiger partial charge in [0.2, 0.25) is 0 Å². The van der Waals surface area contributed by atoms with E-state index in [9.17, 15) is 18.0 Å². The summed E-state index contributed by atoms with van der Waals surface area (Å²) in [5.41, 5.74) is 5.28. The number of aliphatic carboxylic acids is 1. The first kappa shape index (κ1) is 16.8. The Bertz CT molecular complexity index is 505. The van der Waals surface area contributed by atoms with Crippen LogP contribution in [0.5, 0.6) is 5.75 Å². The quantitative estimate of drug-likeness (QED) is 0.849. The number of ether oxygens (including phenoxy) is 1. The van der Waals surface area contributed by atoms with Gasteiger partial charge in [-0.15, -0.1) is 0 Å². The lowest BCUT2D eigenvalue weighted by atomic mass is 10.00. The zero-order valence-corrected chi connectivity index (χ0v) is 12.1. The minimum atomic E-state index is -4.50. The van der Waals surface area contributed by atoms with Gasteiger partial charge < -0.3 is 15.6 Å². The third-order valence-corrected chi connectivity index (χ3v) is 3.33. The molecule has 0 fully saturated rings. The molecule has 0 spiro atoms. The maximum absolute atomic E-state index is 12.7. The van der Waals surface area contributed by atoms with Crippen molar-refractivity contribution in [3.8, 4) is 5.75 Å². The number of halogens is 4. The summed E-state index contributed by atoms with van der Waals surface area (Å²) in [6.45, 7) is 0. The molecule has 3 N–H and O–H groups in total. The van der Waals surface area contributed by atoms with Crippen molar-refractivity contribution in [1.82, 2.24) is 0 Å². The monoisotopic (exact) mass is 355 g/mol. The van der Waals surface area contributed by atoms with Gasteiger partial charge in [0.25, 0.3) is 0 Å². The van der Waals surface area contributed by atoms with Gasteiger partial charge in [-0.2, -0.15) is 13.2 Å². The Morgan fingerprint density at radius 1 is 1.50 bits per heavy atom. The average molecular weight is 356 g/mol. The molecule has 0 bridgehead atoms. The van der Waals surface area contributed by atoms with E-state index in [1.807, 2.05) is 0 Å². The van der Waals surface area contributed by atoms with Gasteiger partial charge in [-0.05, 0) is 18.6 Å². The summed E-state index contributed by atoms with van der Waals surface area (Å²) in [5.74, 6) is -1.05. The zero-order valence-electron chi connectivity index (χ0n) is 10.5. The second-order valence-electron chi connectivity index (χ2n) is 4.11. The molecule has 1 atom stereocenters. The lowest BCUT2D eigenvalue weighted by Gasteiger charge is -2.19. The molecule has 1 aromatic carbocycles. The normalized spacial score (nSPS) is 13.1. The van der Waals surface area contributed by atoms with E-state index in [0.717, 1.165) is 12.1 Å². The predicted molar refractivity (Wildman–Crippen MR) is 69.5 cm³/mol. The van der Waals surface area contributed by atoms with Crippen LogP contribution in [0.4, 0.5) is 13.2 Å². The first-order chi connectivity index (χ1) is 9.16. The highest BCUT2D eigenvalue weighted by Gasteiger charge is 2.33. The van der Waals surface area contributed by atoms with E-state index in [0.29, 0.717) is 5.56 Å². The molecule has 112 valence electrons. The van der Waals surface area contributed by atoms with Crippen molar-refractivity contribution < 1.29 is 27.8 Å². The molecule has 0 aromatic heterocycles. The molecule has 4 nitrogen and oxygen atoms in total. The Labute approximate surface area is 121 Å². The van der Waals surface area contributed by atoms with Crippen LogP contribution in [0, 0.1) is 0 Å². The van der Waals surface area contributed by atoms with E-state index in [2.05, 4.69) is 15.9 Å². The lowest BCUT2D eigenvalue weighted by molar-refractivity contribution is -0.138. The zero-order chi connectivity index (χ0) is 15.5. The first-order valence-corrected chi connectivity index (χ1v) is 6.38. The molecule has 0 aliphatic rings. The summed E-state index contributed by atoms with van der Waals surface area (Å²) in [6.07, 6.45) is -4.59. The van der Waals surface area contributed by atoms with Gasteiger partial charge in [-0.1, -0.05) is 15.9 Å². The van der Waals surface area contributed by atoms with Crippen molar-refractivity contribution in [1.29, 1.82) is 0 Å². The topological polar surface area (TPSA) is 72.5 Å². The van der Waals surface area contributed by atoms with Crippen molar-refractivity contribution in [3.05, 3.63) is 27.7 Å². The number of hydrogen-bond acceptors (Lipinski definition) is 3. The van der Waals surface area contributed by atoms with Gasteiger partial charge >= 0.3 is 12.1 Å². The van der Waals surface area contributed by atoms with E-state index >= 15 is 0 Å². The number of carbonyl (C=O) groups is 1. The molecule has 0 saturated carbocycles. The highest BCUT2D eigenvalue weighted by Crippen LogP contribution is 2.39. The summed E-state index contributed by atoms with van der Waals surface area (Å²) in [6, 6.07) is 1.01. The molecule has 1 unspecified atom stereocenters. The summed E-state index contributed by atoms with van der Waals surface area (Å²) < 4.78 is 43.1. The molecule has 8 heteroatoms. The maximum Gasteiger partial charge on any atom is 0.416 e. The minimum Gasteiger partial charge on any atom is -0.496 e. The van der Waals surface area contributed by atoms with Crippen LogP contribution in [-0.4, -0.2) is 18.2 Å². The number of methoxy groups -OCH3 is 1. The number of carboxylic acids is 1. The Morgan fingerprint density at radius 3 is 2.55 bits per heavy atom. The predicted octanol–water partition coefficient (Wildman–Crippen LogP) is 3.34. The third kappa shape index (κ3) is 4.11. The molecular weight excluding hydrogens is 343 g/mol. The van der Waals surface area contributed by atoms with Crippen LogP contribution >= 0.6 is 15.9 Å². The van der Waals surface area contributed by atoms with Crippen LogP contribution in [0.1, 0.15) is 30.0 Å². The van der Waals surface area contributed by atoms with Crippen LogP contribution in [0.2, 0.25) is 0 Å². The Morgan fingerprint density at radius 2 is 2.10 bits per heavy atom. The fourth-order valence-electron chi connectivity index (χ4n) is 1.71. The van der Waals surface area contributed by atoms with Crippen LogP contribution < -0.4 is 10.5 Å². The van der Waals surface area contributed by atoms with Gasteiger partial charge in [0, 0.05) is 22.5 Å². The van der Waals surface area contributed by atoms with Gasteiger partial charge in [0.15, 0.2) is 0 Å². The standard InChI is InChI=1S/C12H13BrF3NO3/c1-20-9-5-6(12(14,15)16)4-7(13)11(9)8(17)2-3-10(18)19/h4-5,8H,2-3,17H2,1H3,(H,18,19). The van der Waals surface area contributed by atoms with Crippen molar-refractivity contribution in [2.75, 3.05) is 7.11 Å². The molecule has 0 aliphatic carbocycles. The van der Waals surface area contributed by atoms with E-state index in [1.54, 1.807) is 0 Å². The summed E-state index contributed by atoms with van der Waals surface area (Å²) in [4.78, 5) is 10.5. The first-order valence-electron chi connectivity index (χ1n) is 5.58. The maximum atomic E-state index is 12.7. The molecule has 0 amide bonds. The fraction of sp³-hybridized carbons (Fsp3) is 0.417. The SMILES string of the molecule is COc1cc(C(F)(F)F)cc(Br)c1C(N)CCC(=O)O. The number of carboxylic acid groups (broad SMARTS) is 1. The molecule has 0 radical (unpaired) electrons. The van der Waals surface area contributed by atoms with E-state index < -0.39 is 23.8 Å². The molecular formula is C12H13BrF3NO3. The summed E-state index contributed by atoms with van der Waals surface area (Å²) >= 11 is 3.03. The van der Waals surface area contributed by atoms with Crippen LogP contribution in [0.3, 0.4) is 0 Å². The summed E-state index contributed by atoms with van der Waals surface area (Å²) in [5, 5.41) is 8.61. The number of nitrogens with two attached hydrogens (primary N) is 1. The number of alkyl halides is 3. The average Bonchev–Trinajstić information content (AvgIpc) is 2.33. The van der Waals surface area contributed by atoms with Crippen molar-refractivity contribution >= 4 is 21.9 Å². The third-order valence-electron chi connectivity index (χ3n) is 2.68. The van der Waals surface area contributed by atoms with Gasteiger partial charge in [0.1, 0.15) is 5.75 Å². The number of benzene rings is 1. The fourth-order valence-corrected chi connectivity index (χ4v) is 2.44. The van der Waals surface area contributed by atoms with Crippen LogP contribution in [-0.2, 0) is 11.0 Å². The molecule has 20 heavy (non-hydrogen) atoms. The largest absolute Gasteiger partial charge is 0.496 e. The van der Waals surface area contributed by atoms with Crippen LogP contribution in [0.25, 0.3) is 0 Å². The van der Waals surface area contributed by atoms with E-state index in [1.165, 1.54) is 7.11 Å². The Kier molecular flexibility index (Phi) is 5.41. The molecule has 1 rings (SSSR count). The Hall–Kier alpha value is -1.28. The van der Waals surface area contributed by atoms with Crippen LogP contribution in [0.15, 0.2) is 16.6 Å². The van der Waals surface area contributed by atoms with Gasteiger partial charge in [-0.25, -0.2) is 0 Å². The molecule has 0 aliphatic heterocycles. The highest BCUT2D eigenvalue weighted by molar-refractivity contribution is 9.10. The van der Waals surface area contributed by atoms with Gasteiger partial charge in [-0.3, -0.25) is 4.79 Å². The van der Waals surface area contributed by atoms with Gasteiger partial charge in [0.05, 0.1) is 12.7 Å². The Balaban J connectivity index is 3.16. The molecule has 1 aromatic rings. The highest BCUT2D eigenvalue weighted by atomic mass is 79.9. The lowest BCUT2D eigenvalue weighted by Crippen LogP contribution is -2.15. The minimum absolute atomic E-state index is 0.0235. The summed E-state index contributed by atoms with van der Waals surface area (Å²) in [7, 11) is 1.23. The van der Waals surface area contributed by atoms with Crippen molar-refractivity contribution in [2.45, 2.75) is 25.1 Å². The van der Waals surface area contributed by atoms with E-state index in [-0.39, 0.29) is 23.1 Å². The smallest absolute Gasteiger partial charge is 0.416 e. The second kappa shape index (κ2) is 6.45. The van der Waals surface area contributed by atoms with Crippen molar-refractivity contribution in [2.24, 2.45) is 5.73 Å².